The lowest BCUT2D eigenvalue weighted by atomic mass is 10.2. The number of rotatable bonds is 4. The first-order chi connectivity index (χ1) is 7.87. The highest BCUT2D eigenvalue weighted by atomic mass is 32.2. The maximum atomic E-state index is 13.2. The highest BCUT2D eigenvalue weighted by molar-refractivity contribution is 7.90. The lowest BCUT2D eigenvalue weighted by molar-refractivity contribution is 0.0973. The van der Waals surface area contributed by atoms with E-state index in [-0.39, 0.29) is 5.75 Å². The SMILES string of the molecule is CCCS(=O)(=O)NC(=O)c1c(F)cccc1F. The van der Waals surface area contributed by atoms with Crippen molar-refractivity contribution < 1.29 is 22.0 Å². The van der Waals surface area contributed by atoms with Crippen LogP contribution in [0.3, 0.4) is 0 Å². The van der Waals surface area contributed by atoms with E-state index in [1.165, 1.54) is 0 Å². The number of amides is 1. The molecular formula is C10H11F2NO3S. The summed E-state index contributed by atoms with van der Waals surface area (Å²) < 4.78 is 50.5. The summed E-state index contributed by atoms with van der Waals surface area (Å²) in [6.45, 7) is 1.60. The van der Waals surface area contributed by atoms with E-state index < -0.39 is 33.1 Å². The van der Waals surface area contributed by atoms with Gasteiger partial charge in [-0.2, -0.15) is 0 Å². The van der Waals surface area contributed by atoms with Gasteiger partial charge in [-0.05, 0) is 18.6 Å². The number of hydrogen-bond donors (Lipinski definition) is 1. The van der Waals surface area contributed by atoms with Crippen LogP contribution >= 0.6 is 0 Å². The Morgan fingerprint density at radius 3 is 2.29 bits per heavy atom. The average Bonchev–Trinajstić information content (AvgIpc) is 2.15. The molecule has 0 aromatic heterocycles. The monoisotopic (exact) mass is 263 g/mol. The van der Waals surface area contributed by atoms with Gasteiger partial charge in [-0.15, -0.1) is 0 Å². The molecule has 0 atom stereocenters. The molecule has 1 aromatic carbocycles. The largest absolute Gasteiger partial charge is 0.270 e. The number of nitrogens with one attached hydrogen (secondary N) is 1. The maximum Gasteiger partial charge on any atom is 0.270 e. The zero-order chi connectivity index (χ0) is 13.1. The molecule has 0 radical (unpaired) electrons. The van der Waals surface area contributed by atoms with E-state index in [0.29, 0.717) is 6.42 Å². The Hall–Kier alpha value is -1.50. The molecule has 17 heavy (non-hydrogen) atoms. The second-order valence-corrected chi connectivity index (χ2v) is 5.19. The first kappa shape index (κ1) is 13.6. The Balaban J connectivity index is 2.99. The normalized spacial score (nSPS) is 11.2. The minimum absolute atomic E-state index is 0.283. The van der Waals surface area contributed by atoms with E-state index in [9.17, 15) is 22.0 Å². The smallest absolute Gasteiger partial charge is 0.268 e. The molecule has 0 saturated heterocycles. The van der Waals surface area contributed by atoms with Gasteiger partial charge < -0.3 is 0 Å². The van der Waals surface area contributed by atoms with Gasteiger partial charge >= 0.3 is 0 Å². The third kappa shape index (κ3) is 3.48. The van der Waals surface area contributed by atoms with E-state index in [0.717, 1.165) is 18.2 Å². The van der Waals surface area contributed by atoms with Gasteiger partial charge in [-0.3, -0.25) is 4.79 Å². The Bertz CT molecular complexity index is 508. The molecular weight excluding hydrogens is 252 g/mol. The highest BCUT2D eigenvalue weighted by Gasteiger charge is 2.21. The number of carbonyl (C=O) groups excluding carboxylic acids is 1. The summed E-state index contributed by atoms with van der Waals surface area (Å²) in [4.78, 5) is 11.4. The molecule has 0 saturated carbocycles. The number of sulfonamides is 1. The molecule has 0 aliphatic heterocycles. The fourth-order valence-electron chi connectivity index (χ4n) is 1.23. The Morgan fingerprint density at radius 1 is 1.29 bits per heavy atom. The minimum Gasteiger partial charge on any atom is -0.268 e. The third-order valence-electron chi connectivity index (χ3n) is 1.91. The van der Waals surface area contributed by atoms with Crippen molar-refractivity contribution >= 4 is 15.9 Å². The number of carbonyl (C=O) groups is 1. The van der Waals surface area contributed by atoms with Crippen molar-refractivity contribution in [3.05, 3.63) is 35.4 Å². The van der Waals surface area contributed by atoms with Gasteiger partial charge in [-0.1, -0.05) is 13.0 Å². The van der Waals surface area contributed by atoms with E-state index in [1.54, 1.807) is 11.6 Å². The zero-order valence-corrected chi connectivity index (χ0v) is 9.85. The molecule has 94 valence electrons. The number of hydrogen-bond acceptors (Lipinski definition) is 3. The Morgan fingerprint density at radius 2 is 1.82 bits per heavy atom. The van der Waals surface area contributed by atoms with Gasteiger partial charge in [0, 0.05) is 0 Å². The quantitative estimate of drug-likeness (QED) is 0.894. The van der Waals surface area contributed by atoms with E-state index in [4.69, 9.17) is 0 Å². The highest BCUT2D eigenvalue weighted by Crippen LogP contribution is 2.12. The van der Waals surface area contributed by atoms with Crippen molar-refractivity contribution in [3.63, 3.8) is 0 Å². The standard InChI is InChI=1S/C10H11F2NO3S/c1-2-6-17(15,16)13-10(14)9-7(11)4-3-5-8(9)12/h3-5H,2,6H2,1H3,(H,13,14). The van der Waals surface area contributed by atoms with Gasteiger partial charge in [0.25, 0.3) is 5.91 Å². The summed E-state index contributed by atoms with van der Waals surface area (Å²) in [5, 5.41) is 0. The maximum absolute atomic E-state index is 13.2. The summed E-state index contributed by atoms with van der Waals surface area (Å²) in [5.74, 6) is -3.79. The molecule has 0 spiro atoms. The fourth-order valence-corrected chi connectivity index (χ4v) is 2.25. The number of halogens is 2. The average molecular weight is 263 g/mol. The predicted octanol–water partition coefficient (Wildman–Crippen LogP) is 1.43. The summed E-state index contributed by atoms with van der Waals surface area (Å²) in [7, 11) is -3.85. The van der Waals surface area contributed by atoms with Crippen LogP contribution in [0.25, 0.3) is 0 Å². The van der Waals surface area contributed by atoms with Gasteiger partial charge in [0.2, 0.25) is 10.0 Å². The van der Waals surface area contributed by atoms with Crippen LogP contribution < -0.4 is 4.72 Å². The lowest BCUT2D eigenvalue weighted by Gasteiger charge is -2.07. The molecule has 0 unspecified atom stereocenters. The molecule has 0 bridgehead atoms. The van der Waals surface area contributed by atoms with Crippen molar-refractivity contribution in [3.8, 4) is 0 Å². The summed E-state index contributed by atoms with van der Waals surface area (Å²) in [6, 6.07) is 2.84. The molecule has 1 rings (SSSR count). The minimum atomic E-state index is -3.85. The van der Waals surface area contributed by atoms with E-state index >= 15 is 0 Å². The molecule has 0 aliphatic rings. The van der Waals surface area contributed by atoms with Gasteiger partial charge in [0.1, 0.15) is 17.2 Å². The van der Waals surface area contributed by atoms with Crippen LogP contribution in [0.15, 0.2) is 18.2 Å². The first-order valence-electron chi connectivity index (χ1n) is 4.86. The lowest BCUT2D eigenvalue weighted by Crippen LogP contribution is -2.33. The van der Waals surface area contributed by atoms with Gasteiger partial charge in [-0.25, -0.2) is 21.9 Å². The molecule has 1 aromatic rings. The van der Waals surface area contributed by atoms with E-state index in [1.807, 2.05) is 0 Å². The van der Waals surface area contributed by atoms with Crippen LogP contribution in [-0.2, 0) is 10.0 Å². The van der Waals surface area contributed by atoms with Crippen LogP contribution in [0.2, 0.25) is 0 Å². The molecule has 4 nitrogen and oxygen atoms in total. The number of benzene rings is 1. The summed E-state index contributed by atoms with van der Waals surface area (Å²) >= 11 is 0. The first-order valence-corrected chi connectivity index (χ1v) is 6.51. The van der Waals surface area contributed by atoms with Crippen molar-refractivity contribution in [2.45, 2.75) is 13.3 Å². The zero-order valence-electron chi connectivity index (χ0n) is 9.04. The van der Waals surface area contributed by atoms with Crippen LogP contribution in [-0.4, -0.2) is 20.1 Å². The molecule has 0 fully saturated rings. The van der Waals surface area contributed by atoms with Crippen molar-refractivity contribution in [1.29, 1.82) is 0 Å². The van der Waals surface area contributed by atoms with Crippen molar-refractivity contribution in [1.82, 2.24) is 4.72 Å². The van der Waals surface area contributed by atoms with Gasteiger partial charge in [0.05, 0.1) is 5.75 Å². The molecule has 0 heterocycles. The Kier molecular flexibility index (Phi) is 4.17. The van der Waals surface area contributed by atoms with Crippen LogP contribution in [0.5, 0.6) is 0 Å². The van der Waals surface area contributed by atoms with Crippen molar-refractivity contribution in [2.24, 2.45) is 0 Å². The second kappa shape index (κ2) is 5.22. The molecule has 1 amide bonds. The summed E-state index contributed by atoms with van der Waals surface area (Å²) in [5.41, 5.74) is -0.896. The molecule has 0 aliphatic carbocycles. The van der Waals surface area contributed by atoms with Crippen LogP contribution in [0, 0.1) is 11.6 Å². The van der Waals surface area contributed by atoms with Gasteiger partial charge in [0.15, 0.2) is 0 Å². The van der Waals surface area contributed by atoms with Crippen LogP contribution in [0.1, 0.15) is 23.7 Å². The summed E-state index contributed by atoms with van der Waals surface area (Å²) in [6.07, 6.45) is 0.294. The second-order valence-electron chi connectivity index (χ2n) is 3.35. The van der Waals surface area contributed by atoms with E-state index in [2.05, 4.69) is 0 Å². The van der Waals surface area contributed by atoms with Crippen LogP contribution in [0.4, 0.5) is 8.78 Å². The molecule has 1 N–H and O–H groups in total. The third-order valence-corrected chi connectivity index (χ3v) is 3.35. The molecule has 7 heteroatoms. The fraction of sp³-hybridized carbons (Fsp3) is 0.300. The Labute approximate surface area is 97.7 Å². The van der Waals surface area contributed by atoms with Crippen molar-refractivity contribution in [2.75, 3.05) is 5.75 Å². The predicted molar refractivity (Wildman–Crippen MR) is 57.9 cm³/mol. The topological polar surface area (TPSA) is 63.2 Å².